The van der Waals surface area contributed by atoms with E-state index < -0.39 is 23.5 Å². The van der Waals surface area contributed by atoms with Gasteiger partial charge in [-0.15, -0.1) is 0 Å². The monoisotopic (exact) mass is 285 g/mol. The Bertz CT molecular complexity index is 601. The number of hydrogen-bond donors (Lipinski definition) is 1. The Hall–Kier alpha value is -1.68. The van der Waals surface area contributed by atoms with Crippen LogP contribution in [-0.4, -0.2) is 0 Å². The van der Waals surface area contributed by atoms with E-state index in [4.69, 9.17) is 11.6 Å². The van der Waals surface area contributed by atoms with E-state index in [1.54, 1.807) is 13.0 Å². The van der Waals surface area contributed by atoms with E-state index in [0.717, 1.165) is 6.07 Å². The highest BCUT2D eigenvalue weighted by Gasteiger charge is 2.12. The highest BCUT2D eigenvalue weighted by molar-refractivity contribution is 6.30. The summed E-state index contributed by atoms with van der Waals surface area (Å²) in [7, 11) is 0. The summed E-state index contributed by atoms with van der Waals surface area (Å²) in [5, 5.41) is 2.95. The van der Waals surface area contributed by atoms with Crippen molar-refractivity contribution in [1.29, 1.82) is 0 Å². The zero-order chi connectivity index (χ0) is 14.0. The molecule has 1 unspecified atom stereocenters. The first kappa shape index (κ1) is 13.7. The van der Waals surface area contributed by atoms with Crippen LogP contribution in [-0.2, 0) is 0 Å². The lowest BCUT2D eigenvalue weighted by molar-refractivity contribution is 0.566. The Labute approximate surface area is 114 Å². The molecule has 0 bridgehead atoms. The molecule has 0 heterocycles. The number of rotatable bonds is 3. The summed E-state index contributed by atoms with van der Waals surface area (Å²) in [5.74, 6) is -1.83. The van der Waals surface area contributed by atoms with Crippen molar-refractivity contribution in [2.75, 3.05) is 5.32 Å². The first-order valence-electron chi connectivity index (χ1n) is 5.64. The van der Waals surface area contributed by atoms with E-state index in [2.05, 4.69) is 5.32 Å². The van der Waals surface area contributed by atoms with Crippen LogP contribution in [0, 0.1) is 17.5 Å². The van der Waals surface area contributed by atoms with Crippen LogP contribution in [0.15, 0.2) is 36.4 Å². The molecule has 100 valence electrons. The standard InChI is InChI=1S/C14H11ClF3N/c1-8(11-4-2-9(16)6-13(11)17)19-10-3-5-12(15)14(18)7-10/h2-8,19H,1H3. The van der Waals surface area contributed by atoms with Crippen LogP contribution in [0.4, 0.5) is 18.9 Å². The molecule has 0 saturated carbocycles. The van der Waals surface area contributed by atoms with Crippen molar-refractivity contribution < 1.29 is 13.2 Å². The number of halogens is 4. The van der Waals surface area contributed by atoms with Crippen LogP contribution in [0.3, 0.4) is 0 Å². The molecule has 1 nitrogen and oxygen atoms in total. The Morgan fingerprint density at radius 2 is 1.74 bits per heavy atom. The van der Waals surface area contributed by atoms with Crippen molar-refractivity contribution in [3.8, 4) is 0 Å². The number of anilines is 1. The van der Waals surface area contributed by atoms with Gasteiger partial charge in [0.2, 0.25) is 0 Å². The van der Waals surface area contributed by atoms with Crippen molar-refractivity contribution in [2.24, 2.45) is 0 Å². The Morgan fingerprint density at radius 3 is 2.37 bits per heavy atom. The molecule has 0 aliphatic carbocycles. The molecule has 0 aliphatic rings. The fourth-order valence-electron chi connectivity index (χ4n) is 1.77. The van der Waals surface area contributed by atoms with Crippen molar-refractivity contribution in [3.63, 3.8) is 0 Å². The van der Waals surface area contributed by atoms with Crippen LogP contribution in [0.2, 0.25) is 5.02 Å². The van der Waals surface area contributed by atoms with Crippen LogP contribution < -0.4 is 5.32 Å². The molecule has 2 aromatic carbocycles. The van der Waals surface area contributed by atoms with Crippen molar-refractivity contribution in [1.82, 2.24) is 0 Å². The van der Waals surface area contributed by atoms with Gasteiger partial charge >= 0.3 is 0 Å². The van der Waals surface area contributed by atoms with Gasteiger partial charge in [-0.1, -0.05) is 17.7 Å². The molecule has 0 aliphatic heterocycles. The van der Waals surface area contributed by atoms with Crippen molar-refractivity contribution >= 4 is 17.3 Å². The van der Waals surface area contributed by atoms with Gasteiger partial charge in [0.15, 0.2) is 0 Å². The van der Waals surface area contributed by atoms with E-state index in [-0.39, 0.29) is 5.02 Å². The zero-order valence-corrected chi connectivity index (χ0v) is 10.8. The topological polar surface area (TPSA) is 12.0 Å². The third-order valence-corrected chi connectivity index (χ3v) is 3.04. The van der Waals surface area contributed by atoms with Crippen LogP contribution in [0.5, 0.6) is 0 Å². The molecule has 0 spiro atoms. The van der Waals surface area contributed by atoms with Gasteiger partial charge < -0.3 is 5.32 Å². The van der Waals surface area contributed by atoms with Gasteiger partial charge in [0.1, 0.15) is 17.5 Å². The number of hydrogen-bond acceptors (Lipinski definition) is 1. The quantitative estimate of drug-likeness (QED) is 0.843. The first-order chi connectivity index (χ1) is 8.97. The maximum Gasteiger partial charge on any atom is 0.143 e. The summed E-state index contributed by atoms with van der Waals surface area (Å²) in [6.45, 7) is 1.70. The van der Waals surface area contributed by atoms with E-state index in [0.29, 0.717) is 11.3 Å². The summed E-state index contributed by atoms with van der Waals surface area (Å²) < 4.78 is 39.7. The van der Waals surface area contributed by atoms with E-state index >= 15 is 0 Å². The van der Waals surface area contributed by atoms with Crippen LogP contribution >= 0.6 is 11.6 Å². The minimum absolute atomic E-state index is 0.0196. The van der Waals surface area contributed by atoms with Gasteiger partial charge in [0.05, 0.1) is 11.1 Å². The number of nitrogens with one attached hydrogen (secondary N) is 1. The van der Waals surface area contributed by atoms with Crippen LogP contribution in [0.25, 0.3) is 0 Å². The minimum atomic E-state index is -0.644. The molecular formula is C14H11ClF3N. The van der Waals surface area contributed by atoms with Crippen molar-refractivity contribution in [3.05, 3.63) is 64.4 Å². The molecule has 2 rings (SSSR count). The first-order valence-corrected chi connectivity index (χ1v) is 6.01. The second kappa shape index (κ2) is 5.53. The van der Waals surface area contributed by atoms with E-state index in [1.165, 1.54) is 24.3 Å². The SMILES string of the molecule is CC(Nc1ccc(Cl)c(F)c1)c1ccc(F)cc1F. The number of benzene rings is 2. The second-order valence-electron chi connectivity index (χ2n) is 4.16. The average molecular weight is 286 g/mol. The summed E-state index contributed by atoms with van der Waals surface area (Å²) in [6, 6.07) is 7.14. The fraction of sp³-hybridized carbons (Fsp3) is 0.143. The van der Waals surface area contributed by atoms with Crippen LogP contribution in [0.1, 0.15) is 18.5 Å². The lowest BCUT2D eigenvalue weighted by Crippen LogP contribution is -2.09. The maximum atomic E-state index is 13.6. The Morgan fingerprint density at radius 1 is 1.00 bits per heavy atom. The molecule has 5 heteroatoms. The summed E-state index contributed by atoms with van der Waals surface area (Å²) in [4.78, 5) is 0. The predicted molar refractivity (Wildman–Crippen MR) is 69.8 cm³/mol. The summed E-state index contributed by atoms with van der Waals surface area (Å²) in [5.41, 5.74) is 0.773. The van der Waals surface area contributed by atoms with Gasteiger partial charge in [-0.2, -0.15) is 0 Å². The van der Waals surface area contributed by atoms with E-state index in [1.807, 2.05) is 0 Å². The maximum absolute atomic E-state index is 13.6. The van der Waals surface area contributed by atoms with Crippen molar-refractivity contribution in [2.45, 2.75) is 13.0 Å². The lowest BCUT2D eigenvalue weighted by Gasteiger charge is -2.16. The third-order valence-electron chi connectivity index (χ3n) is 2.73. The average Bonchev–Trinajstić information content (AvgIpc) is 2.33. The molecule has 2 aromatic rings. The molecule has 0 radical (unpaired) electrons. The molecule has 0 aromatic heterocycles. The Balaban J connectivity index is 2.20. The molecule has 0 saturated heterocycles. The molecule has 0 amide bonds. The summed E-state index contributed by atoms with van der Waals surface area (Å²) >= 11 is 5.57. The molecular weight excluding hydrogens is 275 g/mol. The van der Waals surface area contributed by atoms with Gasteiger partial charge in [0, 0.05) is 17.3 Å². The van der Waals surface area contributed by atoms with Gasteiger partial charge in [-0.3, -0.25) is 0 Å². The molecule has 0 fully saturated rings. The molecule has 1 atom stereocenters. The van der Waals surface area contributed by atoms with Gasteiger partial charge in [-0.25, -0.2) is 13.2 Å². The molecule has 1 N–H and O–H groups in total. The Kier molecular flexibility index (Phi) is 4.00. The van der Waals surface area contributed by atoms with Gasteiger partial charge in [0.25, 0.3) is 0 Å². The molecule has 19 heavy (non-hydrogen) atoms. The highest BCUT2D eigenvalue weighted by Crippen LogP contribution is 2.24. The minimum Gasteiger partial charge on any atom is -0.378 e. The lowest BCUT2D eigenvalue weighted by atomic mass is 10.1. The van der Waals surface area contributed by atoms with Gasteiger partial charge in [-0.05, 0) is 31.2 Å². The summed E-state index contributed by atoms with van der Waals surface area (Å²) in [6.07, 6.45) is 0. The van der Waals surface area contributed by atoms with E-state index in [9.17, 15) is 13.2 Å². The zero-order valence-electron chi connectivity index (χ0n) is 10.1. The normalized spacial score (nSPS) is 12.3. The highest BCUT2D eigenvalue weighted by atomic mass is 35.5. The fourth-order valence-corrected chi connectivity index (χ4v) is 1.88. The predicted octanol–water partition coefficient (Wildman–Crippen LogP) is 4.93. The smallest absolute Gasteiger partial charge is 0.143 e. The largest absolute Gasteiger partial charge is 0.378 e. The second-order valence-corrected chi connectivity index (χ2v) is 4.57. The third kappa shape index (κ3) is 3.20.